The van der Waals surface area contributed by atoms with Crippen LogP contribution in [0.5, 0.6) is 5.75 Å². The van der Waals surface area contributed by atoms with E-state index >= 15 is 0 Å². The molecule has 3 N–H and O–H groups in total. The number of aliphatic carboxylic acids is 1. The highest BCUT2D eigenvalue weighted by Gasteiger charge is 2.70. The molecule has 0 aliphatic heterocycles. The van der Waals surface area contributed by atoms with Crippen LogP contribution in [0.15, 0.2) is 6.07 Å². The Labute approximate surface area is 233 Å². The van der Waals surface area contributed by atoms with Gasteiger partial charge < -0.3 is 15.3 Å². The highest BCUT2D eigenvalue weighted by Crippen LogP contribution is 2.58. The van der Waals surface area contributed by atoms with E-state index in [1.54, 1.807) is 6.92 Å². The number of ketones is 5. The summed E-state index contributed by atoms with van der Waals surface area (Å²) in [6.45, 7) is 11.1. The normalized spacial score (nSPS) is 31.9. The lowest BCUT2D eigenvalue weighted by Crippen LogP contribution is -2.70. The third-order valence-corrected chi connectivity index (χ3v) is 9.39. The quantitative estimate of drug-likeness (QED) is 0.448. The highest BCUT2D eigenvalue weighted by molar-refractivity contribution is 6.31. The molecule has 2 fully saturated rings. The molecule has 216 valence electrons. The first-order valence-corrected chi connectivity index (χ1v) is 14.0. The zero-order valence-corrected chi connectivity index (χ0v) is 23.9. The van der Waals surface area contributed by atoms with Crippen LogP contribution in [0.3, 0.4) is 0 Å². The zero-order chi connectivity index (χ0) is 30.1. The van der Waals surface area contributed by atoms with Crippen molar-refractivity contribution in [1.29, 1.82) is 0 Å². The molecule has 40 heavy (non-hydrogen) atoms. The number of carbonyl (C=O) groups is 6. The molecule has 0 radical (unpaired) electrons. The van der Waals surface area contributed by atoms with Crippen molar-refractivity contribution >= 4 is 34.9 Å². The van der Waals surface area contributed by atoms with Crippen molar-refractivity contribution in [2.24, 2.45) is 29.6 Å². The second kappa shape index (κ2) is 10.0. The van der Waals surface area contributed by atoms with Gasteiger partial charge in [-0.15, -0.1) is 0 Å². The lowest BCUT2D eigenvalue weighted by Gasteiger charge is -2.55. The smallest absolute Gasteiger partial charge is 0.321 e. The summed E-state index contributed by atoms with van der Waals surface area (Å²) in [4.78, 5) is 79.3. The SMILES string of the molecule is CCCc1cc(C(C)(C)C)c(O)c2c1[C@H](C)[C@@H]1C(C2=O)C(=O)[C@]2(O)C(=O)C(C(=O)O)C(=O)C[C@@H]2[C@H]1CC(=O)CC. The molecule has 0 amide bonds. The maximum absolute atomic E-state index is 14.3. The number of fused-ring (bicyclic) bond motifs is 3. The maximum atomic E-state index is 14.3. The number of phenols is 1. The summed E-state index contributed by atoms with van der Waals surface area (Å²) in [6, 6.07) is 1.89. The van der Waals surface area contributed by atoms with Crippen molar-refractivity contribution in [2.45, 2.75) is 90.6 Å². The average molecular weight is 555 g/mol. The van der Waals surface area contributed by atoms with E-state index in [-0.39, 0.29) is 29.9 Å². The Morgan fingerprint density at radius 2 is 1.70 bits per heavy atom. The molecule has 0 heterocycles. The molecule has 2 saturated carbocycles. The summed E-state index contributed by atoms with van der Waals surface area (Å²) in [5.41, 5.74) is -1.52. The zero-order valence-electron chi connectivity index (χ0n) is 23.9. The van der Waals surface area contributed by atoms with Gasteiger partial charge in [0.1, 0.15) is 11.5 Å². The van der Waals surface area contributed by atoms with Crippen LogP contribution in [-0.2, 0) is 35.8 Å². The summed E-state index contributed by atoms with van der Waals surface area (Å²) in [7, 11) is 0. The first-order valence-electron chi connectivity index (χ1n) is 14.0. The van der Waals surface area contributed by atoms with Crippen LogP contribution in [0.4, 0.5) is 0 Å². The number of carboxylic acids is 1. The van der Waals surface area contributed by atoms with Gasteiger partial charge in [0.05, 0.1) is 11.5 Å². The molecule has 4 rings (SSSR count). The molecule has 0 bridgehead atoms. The number of Topliss-reactive ketones (excluding diaryl/α,β-unsaturated/α-hetero) is 5. The van der Waals surface area contributed by atoms with Crippen molar-refractivity contribution in [3.63, 3.8) is 0 Å². The van der Waals surface area contributed by atoms with Crippen molar-refractivity contribution in [3.8, 4) is 5.75 Å². The van der Waals surface area contributed by atoms with Gasteiger partial charge >= 0.3 is 5.97 Å². The van der Waals surface area contributed by atoms with Gasteiger partial charge in [0, 0.05) is 30.7 Å². The summed E-state index contributed by atoms with van der Waals surface area (Å²) < 4.78 is 0. The third-order valence-electron chi connectivity index (χ3n) is 9.39. The second-order valence-electron chi connectivity index (χ2n) is 12.7. The molecule has 3 aliphatic rings. The van der Waals surface area contributed by atoms with E-state index in [2.05, 4.69) is 0 Å². The van der Waals surface area contributed by atoms with E-state index in [0.717, 1.165) is 12.0 Å². The number of aliphatic hydroxyl groups is 1. The Balaban J connectivity index is 2.02. The monoisotopic (exact) mass is 554 g/mol. The van der Waals surface area contributed by atoms with Gasteiger partial charge in [-0.2, -0.15) is 0 Å². The standard InChI is InChI=1S/C31H38O9/c1-7-9-14-10-18(30(4,5)6)25(34)23-20(14)13(3)21-16(11-15(32)8-2)17-12-19(33)22(29(38)39)27(36)31(17,40)28(37)24(21)26(23)35/h10,13,16-17,21-22,24,34,40H,7-9,11-12H2,1-6H3,(H,38,39)/t13-,16+,17+,21-,22?,24?,31+/m0/s1. The van der Waals surface area contributed by atoms with Crippen molar-refractivity contribution in [1.82, 2.24) is 0 Å². The summed E-state index contributed by atoms with van der Waals surface area (Å²) >= 11 is 0. The van der Waals surface area contributed by atoms with Crippen LogP contribution in [0.25, 0.3) is 0 Å². The minimum absolute atomic E-state index is 0.0188. The minimum Gasteiger partial charge on any atom is -0.507 e. The van der Waals surface area contributed by atoms with Crippen LogP contribution in [0, 0.1) is 29.6 Å². The molecule has 2 unspecified atom stereocenters. The lowest BCUT2D eigenvalue weighted by atomic mass is 9.47. The van der Waals surface area contributed by atoms with E-state index in [1.807, 2.05) is 40.7 Å². The Morgan fingerprint density at radius 3 is 2.23 bits per heavy atom. The minimum atomic E-state index is -2.91. The van der Waals surface area contributed by atoms with Gasteiger partial charge in [-0.1, -0.05) is 54.0 Å². The molecule has 0 saturated heterocycles. The lowest BCUT2D eigenvalue weighted by molar-refractivity contribution is -0.185. The van der Waals surface area contributed by atoms with Gasteiger partial charge in [0.2, 0.25) is 0 Å². The highest BCUT2D eigenvalue weighted by atomic mass is 16.4. The van der Waals surface area contributed by atoms with Crippen molar-refractivity contribution in [2.75, 3.05) is 0 Å². The Bertz CT molecular complexity index is 1330. The average Bonchev–Trinajstić information content (AvgIpc) is 2.85. The molecular formula is C31H38O9. The number of carbonyl (C=O) groups excluding carboxylic acids is 5. The van der Waals surface area contributed by atoms with Crippen LogP contribution >= 0.6 is 0 Å². The third kappa shape index (κ3) is 4.16. The van der Waals surface area contributed by atoms with E-state index < -0.39 is 82.0 Å². The van der Waals surface area contributed by atoms with E-state index in [1.165, 1.54) is 0 Å². The molecular weight excluding hydrogens is 516 g/mol. The fraction of sp³-hybridized carbons (Fsp3) is 0.613. The predicted molar refractivity (Wildman–Crippen MR) is 143 cm³/mol. The number of aromatic hydroxyl groups is 1. The summed E-state index contributed by atoms with van der Waals surface area (Å²) in [5.74, 6) is -14.0. The molecule has 9 heteroatoms. The molecule has 0 aromatic heterocycles. The fourth-order valence-corrected chi connectivity index (χ4v) is 7.52. The molecule has 7 atom stereocenters. The predicted octanol–water partition coefficient (Wildman–Crippen LogP) is 3.33. The number of hydrogen-bond donors (Lipinski definition) is 3. The molecule has 0 spiro atoms. The number of hydrogen-bond acceptors (Lipinski definition) is 8. The number of carboxylic acid groups (broad SMARTS) is 1. The van der Waals surface area contributed by atoms with Crippen LogP contribution in [0.2, 0.25) is 0 Å². The van der Waals surface area contributed by atoms with Gasteiger partial charge in [0.25, 0.3) is 0 Å². The summed E-state index contributed by atoms with van der Waals surface area (Å²) in [5, 5.41) is 32.8. The van der Waals surface area contributed by atoms with E-state index in [9.17, 15) is 44.1 Å². The first-order chi connectivity index (χ1) is 18.5. The number of aryl methyl sites for hydroxylation is 1. The van der Waals surface area contributed by atoms with E-state index in [0.29, 0.717) is 17.5 Å². The Hall–Kier alpha value is -3.20. The van der Waals surface area contributed by atoms with Crippen molar-refractivity contribution in [3.05, 3.63) is 28.3 Å². The van der Waals surface area contributed by atoms with Gasteiger partial charge in [-0.05, 0) is 40.7 Å². The number of phenolic OH excluding ortho intramolecular Hbond substituents is 1. The summed E-state index contributed by atoms with van der Waals surface area (Å²) in [6.07, 6.45) is 0.715. The van der Waals surface area contributed by atoms with Crippen LogP contribution < -0.4 is 0 Å². The Morgan fingerprint density at radius 1 is 1.07 bits per heavy atom. The van der Waals surface area contributed by atoms with Crippen molar-refractivity contribution < 1.29 is 44.1 Å². The van der Waals surface area contributed by atoms with E-state index in [4.69, 9.17) is 0 Å². The largest absolute Gasteiger partial charge is 0.507 e. The van der Waals surface area contributed by atoms with Gasteiger partial charge in [-0.3, -0.25) is 28.8 Å². The van der Waals surface area contributed by atoms with Gasteiger partial charge in [0.15, 0.2) is 34.7 Å². The second-order valence-corrected chi connectivity index (χ2v) is 12.7. The first kappa shape index (κ1) is 29.8. The van der Waals surface area contributed by atoms with Crippen LogP contribution in [-0.4, -0.2) is 55.8 Å². The van der Waals surface area contributed by atoms with Crippen LogP contribution in [0.1, 0.15) is 100 Å². The number of benzene rings is 1. The fourth-order valence-electron chi connectivity index (χ4n) is 7.52. The number of rotatable bonds is 6. The molecule has 1 aromatic carbocycles. The molecule has 1 aromatic rings. The molecule has 3 aliphatic carbocycles. The topological polar surface area (TPSA) is 163 Å². The molecule has 9 nitrogen and oxygen atoms in total. The van der Waals surface area contributed by atoms with Gasteiger partial charge in [-0.25, -0.2) is 0 Å². The Kier molecular flexibility index (Phi) is 7.45. The maximum Gasteiger partial charge on any atom is 0.321 e.